The number of phosphoric acid groups is 2. The Kier molecular flexibility index (Phi) is 69.5. The second-order valence-electron chi connectivity index (χ2n) is 25.5. The summed E-state index contributed by atoms with van der Waals surface area (Å²) in [5.74, 6) is -2.27. The van der Waals surface area contributed by atoms with Gasteiger partial charge in [0.2, 0.25) is 0 Å². The third-order valence-corrected chi connectivity index (χ3v) is 17.8. The first-order chi connectivity index (χ1) is 48.7. The van der Waals surface area contributed by atoms with Gasteiger partial charge in [0.15, 0.2) is 12.2 Å². The van der Waals surface area contributed by atoms with Crippen LogP contribution in [0.5, 0.6) is 0 Å². The van der Waals surface area contributed by atoms with Crippen LogP contribution >= 0.6 is 15.6 Å². The monoisotopic (exact) mass is 1440 g/mol. The second-order valence-corrected chi connectivity index (χ2v) is 28.4. The van der Waals surface area contributed by atoms with Gasteiger partial charge in [0.1, 0.15) is 19.3 Å². The van der Waals surface area contributed by atoms with E-state index in [0.29, 0.717) is 32.1 Å². The molecule has 0 heterocycles. The van der Waals surface area contributed by atoms with Crippen LogP contribution in [0.4, 0.5) is 0 Å². The van der Waals surface area contributed by atoms with Gasteiger partial charge in [-0.3, -0.25) is 37.3 Å². The van der Waals surface area contributed by atoms with Gasteiger partial charge in [-0.05, 0) is 128 Å². The minimum absolute atomic E-state index is 0.0647. The van der Waals surface area contributed by atoms with Crippen LogP contribution < -0.4 is 0 Å². The minimum atomic E-state index is -4.99. The summed E-state index contributed by atoms with van der Waals surface area (Å²) in [5.41, 5.74) is 0. The van der Waals surface area contributed by atoms with Crippen LogP contribution in [0.15, 0.2) is 122 Å². The summed E-state index contributed by atoms with van der Waals surface area (Å²) in [4.78, 5) is 72.9. The van der Waals surface area contributed by atoms with Gasteiger partial charge >= 0.3 is 39.5 Å². The van der Waals surface area contributed by atoms with Crippen LogP contribution in [0.2, 0.25) is 0 Å². The molecular formula is C81H138O17P2. The number of unbranched alkanes of at least 4 members (excludes halogenated alkanes) is 26. The number of hydrogen-bond donors (Lipinski definition) is 3. The fourth-order valence-corrected chi connectivity index (χ4v) is 11.6. The van der Waals surface area contributed by atoms with E-state index >= 15 is 0 Å². The van der Waals surface area contributed by atoms with Crippen molar-refractivity contribution in [1.29, 1.82) is 0 Å². The summed E-state index contributed by atoms with van der Waals surface area (Å²) in [5, 5.41) is 10.6. The summed E-state index contributed by atoms with van der Waals surface area (Å²) < 4.78 is 68.4. The number of rotatable bonds is 72. The van der Waals surface area contributed by atoms with Gasteiger partial charge < -0.3 is 33.8 Å². The van der Waals surface area contributed by atoms with Crippen molar-refractivity contribution in [2.45, 2.75) is 329 Å². The maximum Gasteiger partial charge on any atom is 0.472 e. The van der Waals surface area contributed by atoms with Crippen molar-refractivity contribution in [2.24, 2.45) is 0 Å². The molecule has 0 aliphatic heterocycles. The van der Waals surface area contributed by atoms with Crippen LogP contribution in [-0.2, 0) is 65.4 Å². The summed E-state index contributed by atoms with van der Waals surface area (Å²) >= 11 is 0. The molecule has 0 saturated heterocycles. The van der Waals surface area contributed by atoms with Crippen molar-refractivity contribution in [2.75, 3.05) is 39.6 Å². The maximum absolute atomic E-state index is 13.1. The second kappa shape index (κ2) is 72.8. The highest BCUT2D eigenvalue weighted by Gasteiger charge is 2.30. The number of hydrogen-bond acceptors (Lipinski definition) is 15. The standard InChI is InChI=1S/C81H138O17P2/c1-5-9-13-17-21-25-29-33-36-37-40-43-46-50-54-58-62-66-79(84)92-72-77(98-81(86)68-64-60-56-52-48-44-39-35-31-27-23-19-15-11-7-3)74-96-100(89,90)94-70-75(82)69-93-99(87,88)95-73-76(97-80(85)67-63-59-55-51-47-41-32-28-24-20-16-12-8-4)71-91-78(83)65-61-57-53-49-45-42-38-34-30-26-22-18-14-10-6-2/h9-10,13-14,21-23,25-27,33-36,38-40,43,50,54,75-77,82H,5-8,11-12,15-20,24,28-32,37,41-42,44-49,51-53,55-74H2,1-4H3,(H,87,88)(H,89,90)/b13-9-,14-10-,25-21-,26-22-,27-23-,36-33-,38-34-,39-35-,43-40-,54-50-. The number of aliphatic hydroxyl groups excluding tert-OH is 1. The van der Waals surface area contributed by atoms with E-state index in [4.69, 9.17) is 37.0 Å². The number of carbonyl (C=O) groups is 4. The molecule has 0 rings (SSSR count). The summed E-state index contributed by atoms with van der Waals surface area (Å²) in [6.07, 6.45) is 79.0. The Labute approximate surface area is 606 Å². The van der Waals surface area contributed by atoms with Crippen molar-refractivity contribution < 1.29 is 80.2 Å². The lowest BCUT2D eigenvalue weighted by molar-refractivity contribution is -0.161. The van der Waals surface area contributed by atoms with E-state index in [1.54, 1.807) is 0 Å². The molecule has 0 aliphatic rings. The first kappa shape index (κ1) is 95.5. The van der Waals surface area contributed by atoms with Crippen LogP contribution in [0.1, 0.15) is 310 Å². The van der Waals surface area contributed by atoms with E-state index in [0.717, 1.165) is 154 Å². The Balaban J connectivity index is 5.42. The SMILES string of the molecule is CC/C=C\C/C=C\C/C=C\C/C=C\C/C=C\CCCC(=O)OCC(COP(=O)(O)OCC(O)COP(=O)(O)OCC(COC(=O)CCCCCCC/C=C\C/C=C\C/C=C\CC)OC(=O)CCCCCCCCCCCCCCC)OC(=O)CCCCCCC/C=C\C/C=C\CCCCC. The largest absolute Gasteiger partial charge is 0.472 e. The smallest absolute Gasteiger partial charge is 0.462 e. The molecule has 19 heteroatoms. The average molecular weight is 1450 g/mol. The molecule has 5 unspecified atom stereocenters. The molecule has 0 aromatic rings. The number of esters is 4. The minimum Gasteiger partial charge on any atom is -0.462 e. The Morgan fingerprint density at radius 2 is 0.530 bits per heavy atom. The molecule has 3 N–H and O–H groups in total. The molecular weight excluding hydrogens is 1310 g/mol. The Hall–Kier alpha value is -4.54. The van der Waals surface area contributed by atoms with E-state index in [1.807, 2.05) is 12.2 Å². The molecule has 0 saturated carbocycles. The highest BCUT2D eigenvalue weighted by Crippen LogP contribution is 2.45. The molecule has 0 aliphatic carbocycles. The zero-order valence-corrected chi connectivity index (χ0v) is 64.4. The number of aliphatic hydroxyl groups is 1. The summed E-state index contributed by atoms with van der Waals surface area (Å²) in [6, 6.07) is 0. The normalized spacial score (nSPS) is 14.6. The van der Waals surface area contributed by atoms with Crippen molar-refractivity contribution >= 4 is 39.5 Å². The Bertz CT molecular complexity index is 2370. The fraction of sp³-hybridized carbons (Fsp3) is 0.704. The lowest BCUT2D eigenvalue weighted by Crippen LogP contribution is -2.30. The van der Waals surface area contributed by atoms with Gasteiger partial charge in [-0.25, -0.2) is 9.13 Å². The molecule has 0 aromatic carbocycles. The molecule has 0 bridgehead atoms. The first-order valence-corrected chi connectivity index (χ1v) is 41.8. The van der Waals surface area contributed by atoms with Gasteiger partial charge in [-0.2, -0.15) is 0 Å². The van der Waals surface area contributed by atoms with E-state index in [9.17, 15) is 43.2 Å². The number of carbonyl (C=O) groups excluding carboxylic acids is 4. The maximum atomic E-state index is 13.1. The Morgan fingerprint density at radius 1 is 0.290 bits per heavy atom. The third-order valence-electron chi connectivity index (χ3n) is 15.9. The predicted molar refractivity (Wildman–Crippen MR) is 408 cm³/mol. The van der Waals surface area contributed by atoms with Gasteiger partial charge in [0, 0.05) is 25.7 Å². The molecule has 0 spiro atoms. The fourth-order valence-electron chi connectivity index (χ4n) is 10.1. The number of phosphoric ester groups is 2. The zero-order valence-electron chi connectivity index (χ0n) is 62.6. The van der Waals surface area contributed by atoms with Crippen LogP contribution in [0.25, 0.3) is 0 Å². The van der Waals surface area contributed by atoms with Gasteiger partial charge in [0.05, 0.1) is 26.4 Å². The summed E-state index contributed by atoms with van der Waals surface area (Å²) in [6.45, 7) is 4.54. The lowest BCUT2D eigenvalue weighted by atomic mass is 10.0. The highest BCUT2D eigenvalue weighted by atomic mass is 31.2. The van der Waals surface area contributed by atoms with Gasteiger partial charge in [-0.15, -0.1) is 0 Å². The molecule has 574 valence electrons. The van der Waals surface area contributed by atoms with Crippen LogP contribution in [0.3, 0.4) is 0 Å². The zero-order chi connectivity index (χ0) is 73.2. The van der Waals surface area contributed by atoms with Crippen LogP contribution in [0, 0.1) is 0 Å². The van der Waals surface area contributed by atoms with Gasteiger partial charge in [0.25, 0.3) is 0 Å². The number of allylic oxidation sites excluding steroid dienone is 20. The highest BCUT2D eigenvalue weighted by molar-refractivity contribution is 7.47. The molecule has 0 radical (unpaired) electrons. The Morgan fingerprint density at radius 3 is 0.860 bits per heavy atom. The molecule has 5 atom stereocenters. The van der Waals surface area contributed by atoms with E-state index < -0.39 is 97.5 Å². The van der Waals surface area contributed by atoms with Crippen molar-refractivity contribution in [3.8, 4) is 0 Å². The quantitative estimate of drug-likeness (QED) is 0.0169. The lowest BCUT2D eigenvalue weighted by Gasteiger charge is -2.21. The van der Waals surface area contributed by atoms with Crippen molar-refractivity contribution in [1.82, 2.24) is 0 Å². The van der Waals surface area contributed by atoms with E-state index in [-0.39, 0.29) is 25.7 Å². The van der Waals surface area contributed by atoms with E-state index in [1.165, 1.54) is 70.6 Å². The van der Waals surface area contributed by atoms with Crippen molar-refractivity contribution in [3.63, 3.8) is 0 Å². The predicted octanol–water partition coefficient (Wildman–Crippen LogP) is 22.3. The summed E-state index contributed by atoms with van der Waals surface area (Å²) in [7, 11) is -9.97. The van der Waals surface area contributed by atoms with Gasteiger partial charge in [-0.1, -0.05) is 278 Å². The molecule has 17 nitrogen and oxygen atoms in total. The topological polar surface area (TPSA) is 237 Å². The molecule has 0 fully saturated rings. The van der Waals surface area contributed by atoms with Crippen molar-refractivity contribution in [3.05, 3.63) is 122 Å². The van der Waals surface area contributed by atoms with Crippen LogP contribution in [-0.4, -0.2) is 96.7 Å². The number of ether oxygens (including phenoxy) is 4. The molecule has 0 aromatic heterocycles. The van der Waals surface area contributed by atoms with E-state index in [2.05, 4.69) is 137 Å². The average Bonchev–Trinajstić information content (AvgIpc) is 1.06. The molecule has 100 heavy (non-hydrogen) atoms. The molecule has 0 amide bonds. The third kappa shape index (κ3) is 71.8. The first-order valence-electron chi connectivity index (χ1n) is 38.8.